The Hall–Kier alpha value is -3.33. The highest BCUT2D eigenvalue weighted by molar-refractivity contribution is 6.28. The van der Waals surface area contributed by atoms with Gasteiger partial charge in [0.15, 0.2) is 5.92 Å². The lowest BCUT2D eigenvalue weighted by molar-refractivity contribution is -0.127. The summed E-state index contributed by atoms with van der Waals surface area (Å²) in [5.74, 6) is -4.62. The highest BCUT2D eigenvalue weighted by Gasteiger charge is 2.40. The summed E-state index contributed by atoms with van der Waals surface area (Å²) in [6.07, 6.45) is 0.138. The topological polar surface area (TPSA) is 83.0 Å². The van der Waals surface area contributed by atoms with E-state index in [-0.39, 0.29) is 17.4 Å². The maximum absolute atomic E-state index is 13.6. The quantitative estimate of drug-likeness (QED) is 0.693. The van der Waals surface area contributed by atoms with Crippen molar-refractivity contribution in [3.8, 4) is 5.75 Å². The van der Waals surface area contributed by atoms with Gasteiger partial charge in [-0.25, -0.2) is 8.78 Å². The molecule has 2 amide bonds. The minimum absolute atomic E-state index is 0.138. The van der Waals surface area contributed by atoms with Gasteiger partial charge in [0.1, 0.15) is 11.9 Å². The van der Waals surface area contributed by atoms with E-state index in [1.54, 1.807) is 31.2 Å². The third-order valence-electron chi connectivity index (χ3n) is 5.16. The molecule has 0 aliphatic carbocycles. The Kier molecular flexibility index (Phi) is 5.45. The number of halogens is 2. The van der Waals surface area contributed by atoms with Gasteiger partial charge in [-0.05, 0) is 43.3 Å². The molecule has 9 heteroatoms. The predicted octanol–water partition coefficient (Wildman–Crippen LogP) is 3.13. The Bertz CT molecular complexity index is 1030. The third kappa shape index (κ3) is 4.41. The third-order valence-corrected chi connectivity index (χ3v) is 5.16. The minimum Gasteiger partial charge on any atom is -0.488 e. The van der Waals surface area contributed by atoms with Crippen LogP contribution < -0.4 is 20.4 Å². The van der Waals surface area contributed by atoms with E-state index < -0.39 is 23.7 Å². The number of carbonyl (C=O) groups excluding carboxylic acids is 2. The molecule has 2 N–H and O–H groups in total. The monoisotopic (exact) mass is 428 g/mol. The van der Waals surface area contributed by atoms with Gasteiger partial charge in [-0.3, -0.25) is 9.59 Å². The molecule has 1 unspecified atom stereocenters. The predicted molar refractivity (Wildman–Crippen MR) is 112 cm³/mol. The van der Waals surface area contributed by atoms with Crippen LogP contribution in [0, 0.1) is 5.92 Å². The number of alkyl halides is 2. The number of nitrogens with zero attached hydrogens (tertiary/aromatic N) is 2. The second kappa shape index (κ2) is 8.07. The van der Waals surface area contributed by atoms with Crippen molar-refractivity contribution in [1.29, 1.82) is 0 Å². The van der Waals surface area contributed by atoms with E-state index in [0.29, 0.717) is 17.1 Å². The summed E-state index contributed by atoms with van der Waals surface area (Å²) in [7, 11) is 0. The molecule has 162 valence electrons. The summed E-state index contributed by atoms with van der Waals surface area (Å²) in [5, 5.41) is 11.1. The van der Waals surface area contributed by atoms with E-state index in [1.165, 1.54) is 29.3 Å². The van der Waals surface area contributed by atoms with Crippen molar-refractivity contribution in [1.82, 2.24) is 5.32 Å². The number of rotatable bonds is 6. The van der Waals surface area contributed by atoms with E-state index >= 15 is 0 Å². The van der Waals surface area contributed by atoms with Crippen LogP contribution in [0.3, 0.4) is 0 Å². The van der Waals surface area contributed by atoms with Crippen molar-refractivity contribution in [3.05, 3.63) is 54.1 Å². The van der Waals surface area contributed by atoms with Crippen molar-refractivity contribution in [2.45, 2.75) is 25.9 Å². The first kappa shape index (κ1) is 20.9. The maximum atomic E-state index is 13.6. The minimum atomic E-state index is -3.04. The molecule has 1 fully saturated rings. The van der Waals surface area contributed by atoms with Crippen LogP contribution in [0.15, 0.2) is 53.6 Å². The summed E-state index contributed by atoms with van der Waals surface area (Å²) in [6.45, 7) is 3.96. The molecule has 0 spiro atoms. The number of anilines is 2. The fourth-order valence-electron chi connectivity index (χ4n) is 3.34. The second-order valence-corrected chi connectivity index (χ2v) is 7.67. The second-order valence-electron chi connectivity index (χ2n) is 7.67. The van der Waals surface area contributed by atoms with Gasteiger partial charge in [-0.1, -0.05) is 12.1 Å². The van der Waals surface area contributed by atoms with E-state index in [2.05, 4.69) is 15.7 Å². The fourth-order valence-corrected chi connectivity index (χ4v) is 3.34. The van der Waals surface area contributed by atoms with Crippen molar-refractivity contribution < 1.29 is 23.1 Å². The van der Waals surface area contributed by atoms with Crippen LogP contribution in [0.4, 0.5) is 20.2 Å². The van der Waals surface area contributed by atoms with E-state index in [1.807, 2.05) is 0 Å². The van der Waals surface area contributed by atoms with Crippen LogP contribution in [0.5, 0.6) is 5.75 Å². The molecule has 0 bridgehead atoms. The molecule has 2 aliphatic heterocycles. The van der Waals surface area contributed by atoms with Crippen molar-refractivity contribution in [2.24, 2.45) is 11.0 Å². The van der Waals surface area contributed by atoms with Crippen LogP contribution in [0.2, 0.25) is 0 Å². The zero-order valence-corrected chi connectivity index (χ0v) is 17.1. The molecule has 1 atom stereocenters. The van der Waals surface area contributed by atoms with Gasteiger partial charge in [0.05, 0.1) is 11.4 Å². The summed E-state index contributed by atoms with van der Waals surface area (Å²) in [5.41, 5.74) is 0.789. The lowest BCUT2D eigenvalue weighted by atomic mass is 10.0. The first-order valence-electron chi connectivity index (χ1n) is 9.88. The number of hydrogen-bond acceptors (Lipinski definition) is 5. The molecular formula is C22H22F2N4O3. The SMILES string of the molecule is CC1=NN(c2ccc(OC3CNC3)cc2)C(=O)C1C(=O)Nc1cccc(C(C)(F)F)c1. The Morgan fingerprint density at radius 1 is 1.23 bits per heavy atom. The molecule has 4 rings (SSSR count). The molecule has 0 radical (unpaired) electrons. The summed E-state index contributed by atoms with van der Waals surface area (Å²) < 4.78 is 32.9. The molecular weight excluding hydrogens is 406 g/mol. The van der Waals surface area contributed by atoms with Crippen LogP contribution >= 0.6 is 0 Å². The van der Waals surface area contributed by atoms with Gasteiger partial charge in [0, 0.05) is 31.3 Å². The molecule has 0 aromatic heterocycles. The van der Waals surface area contributed by atoms with Gasteiger partial charge in [-0.2, -0.15) is 10.1 Å². The normalized spacial score (nSPS) is 19.1. The number of benzene rings is 2. The average molecular weight is 428 g/mol. The number of nitrogens with one attached hydrogen (secondary N) is 2. The zero-order chi connectivity index (χ0) is 22.2. The number of hydrogen-bond donors (Lipinski definition) is 2. The molecule has 7 nitrogen and oxygen atoms in total. The van der Waals surface area contributed by atoms with E-state index in [9.17, 15) is 18.4 Å². The lowest BCUT2D eigenvalue weighted by Crippen LogP contribution is -2.50. The Morgan fingerprint density at radius 2 is 1.94 bits per heavy atom. The van der Waals surface area contributed by atoms with Gasteiger partial charge < -0.3 is 15.4 Å². The summed E-state index contributed by atoms with van der Waals surface area (Å²) in [4.78, 5) is 25.6. The fraction of sp³-hybridized carbons (Fsp3) is 0.318. The van der Waals surface area contributed by atoms with Crippen LogP contribution in [-0.2, 0) is 15.5 Å². The average Bonchev–Trinajstić information content (AvgIpc) is 2.99. The number of carbonyl (C=O) groups is 2. The highest BCUT2D eigenvalue weighted by atomic mass is 19.3. The Labute approximate surface area is 178 Å². The number of ether oxygens (including phenoxy) is 1. The lowest BCUT2D eigenvalue weighted by Gasteiger charge is -2.27. The van der Waals surface area contributed by atoms with E-state index in [0.717, 1.165) is 20.0 Å². The zero-order valence-electron chi connectivity index (χ0n) is 17.1. The summed E-state index contributed by atoms with van der Waals surface area (Å²) in [6, 6.07) is 12.3. The van der Waals surface area contributed by atoms with Gasteiger partial charge in [0.2, 0.25) is 5.91 Å². The first-order valence-corrected chi connectivity index (χ1v) is 9.88. The largest absolute Gasteiger partial charge is 0.488 e. The summed E-state index contributed by atoms with van der Waals surface area (Å²) >= 11 is 0. The van der Waals surface area contributed by atoms with Crippen molar-refractivity contribution in [2.75, 3.05) is 23.4 Å². The Balaban J connectivity index is 1.45. The smallest absolute Gasteiger partial charge is 0.270 e. The van der Waals surface area contributed by atoms with Gasteiger partial charge in [0.25, 0.3) is 11.8 Å². The van der Waals surface area contributed by atoms with Crippen LogP contribution in [-0.4, -0.2) is 36.7 Å². The van der Waals surface area contributed by atoms with Gasteiger partial charge >= 0.3 is 0 Å². The molecule has 1 saturated heterocycles. The van der Waals surface area contributed by atoms with Gasteiger partial charge in [-0.15, -0.1) is 0 Å². The molecule has 2 aliphatic rings. The van der Waals surface area contributed by atoms with E-state index in [4.69, 9.17) is 4.74 Å². The van der Waals surface area contributed by atoms with Crippen molar-refractivity contribution in [3.63, 3.8) is 0 Å². The number of hydrazone groups is 1. The molecule has 31 heavy (non-hydrogen) atoms. The molecule has 2 aromatic carbocycles. The first-order chi connectivity index (χ1) is 14.7. The maximum Gasteiger partial charge on any atom is 0.270 e. The standard InChI is InChI=1S/C22H22F2N4O3/c1-13-19(20(29)26-15-5-3-4-14(10-15)22(2,23)24)21(30)28(27-13)16-6-8-17(9-7-16)31-18-11-25-12-18/h3-10,18-19,25H,11-12H2,1-2H3,(H,26,29). The number of amides is 2. The van der Waals surface area contributed by atoms with Crippen molar-refractivity contribution >= 4 is 28.9 Å². The molecule has 0 saturated carbocycles. The van der Waals surface area contributed by atoms with Crippen LogP contribution in [0.1, 0.15) is 19.4 Å². The van der Waals surface area contributed by atoms with Crippen LogP contribution in [0.25, 0.3) is 0 Å². The highest BCUT2D eigenvalue weighted by Crippen LogP contribution is 2.30. The Morgan fingerprint density at radius 3 is 2.55 bits per heavy atom. The molecule has 2 aromatic rings. The molecule has 2 heterocycles.